The standard InChI is InChI=1S/C32H31F4N7O2/c1-19-28(31(45)40-23-7-5-22-18-37-10-9-20(22)15-23)29(21-6-8-24(25(33)16-21)32(34,35)36)43-27(39-19)17-26(41-43)30(44)38-11-14-42-12-3-2-4-13-42/h5-10,15-18,29,39H,2-4,11-14H2,1H3,(H,38,44)(H,40,45). The van der Waals surface area contributed by atoms with Crippen LogP contribution in [0.1, 0.15) is 53.8 Å². The highest BCUT2D eigenvalue weighted by Crippen LogP contribution is 2.39. The van der Waals surface area contributed by atoms with Crippen molar-refractivity contribution in [3.05, 3.63) is 94.8 Å². The van der Waals surface area contributed by atoms with Crippen molar-refractivity contribution in [2.24, 2.45) is 0 Å². The number of pyridine rings is 1. The molecule has 13 heteroatoms. The number of hydrogen-bond donors (Lipinski definition) is 3. The van der Waals surface area contributed by atoms with Crippen LogP contribution in [0, 0.1) is 5.82 Å². The van der Waals surface area contributed by atoms with Gasteiger partial charge in [-0.05, 0) is 74.1 Å². The summed E-state index contributed by atoms with van der Waals surface area (Å²) in [5.74, 6) is -2.17. The molecule has 2 aliphatic heterocycles. The maximum absolute atomic E-state index is 14.9. The number of amides is 2. The molecule has 2 aromatic heterocycles. The Bertz CT molecular complexity index is 1790. The highest BCUT2D eigenvalue weighted by atomic mass is 19.4. The number of anilines is 2. The van der Waals surface area contributed by atoms with Crippen molar-refractivity contribution in [3.8, 4) is 0 Å². The van der Waals surface area contributed by atoms with Gasteiger partial charge in [-0.2, -0.15) is 18.3 Å². The summed E-state index contributed by atoms with van der Waals surface area (Å²) in [6.07, 6.45) is 1.87. The molecule has 234 valence electrons. The third-order valence-corrected chi connectivity index (χ3v) is 8.13. The number of hydrogen-bond acceptors (Lipinski definition) is 6. The van der Waals surface area contributed by atoms with Crippen LogP contribution in [0.2, 0.25) is 0 Å². The lowest BCUT2D eigenvalue weighted by molar-refractivity contribution is -0.140. The first-order valence-electron chi connectivity index (χ1n) is 14.7. The fraction of sp³-hybridized carbons (Fsp3) is 0.312. The number of carbonyl (C=O) groups excluding carboxylic acids is 2. The Hall–Kier alpha value is -4.78. The number of likely N-dealkylation sites (tertiary alicyclic amines) is 1. The number of aromatic nitrogens is 3. The number of piperidine rings is 1. The Morgan fingerprint density at radius 2 is 1.80 bits per heavy atom. The Labute approximate surface area is 256 Å². The molecule has 6 rings (SSSR count). The molecule has 4 aromatic rings. The number of benzene rings is 2. The number of halogens is 4. The minimum absolute atomic E-state index is 0.0473. The first-order valence-corrected chi connectivity index (χ1v) is 14.7. The molecular weight excluding hydrogens is 590 g/mol. The van der Waals surface area contributed by atoms with Gasteiger partial charge in [-0.3, -0.25) is 14.6 Å². The molecule has 45 heavy (non-hydrogen) atoms. The molecule has 1 fully saturated rings. The average molecular weight is 622 g/mol. The van der Waals surface area contributed by atoms with Crippen molar-refractivity contribution < 1.29 is 27.2 Å². The van der Waals surface area contributed by atoms with Gasteiger partial charge in [0.05, 0.1) is 11.1 Å². The SMILES string of the molecule is CC1=C(C(=O)Nc2ccc3cnccc3c2)C(c2ccc(C(F)(F)F)c(F)c2)n2nc(C(=O)NCCN3CCCCC3)cc2N1. The lowest BCUT2D eigenvalue weighted by atomic mass is 9.93. The van der Waals surface area contributed by atoms with E-state index in [9.17, 15) is 27.2 Å². The number of nitrogens with one attached hydrogen (secondary N) is 3. The molecular formula is C32H31F4N7O2. The van der Waals surface area contributed by atoms with Gasteiger partial charge >= 0.3 is 6.18 Å². The highest BCUT2D eigenvalue weighted by molar-refractivity contribution is 6.07. The predicted octanol–water partition coefficient (Wildman–Crippen LogP) is 5.73. The van der Waals surface area contributed by atoms with Crippen molar-refractivity contribution in [1.29, 1.82) is 0 Å². The van der Waals surface area contributed by atoms with E-state index in [1.54, 1.807) is 43.6 Å². The maximum Gasteiger partial charge on any atom is 0.419 e. The van der Waals surface area contributed by atoms with E-state index < -0.39 is 35.4 Å². The number of nitrogens with zero attached hydrogens (tertiary/aromatic N) is 4. The number of allylic oxidation sites excluding steroid dienone is 1. The normalized spacial score (nSPS) is 17.1. The van der Waals surface area contributed by atoms with Gasteiger partial charge in [0.25, 0.3) is 11.8 Å². The molecule has 1 atom stereocenters. The van der Waals surface area contributed by atoms with Crippen LogP contribution < -0.4 is 16.0 Å². The summed E-state index contributed by atoms with van der Waals surface area (Å²) in [7, 11) is 0. The fourth-order valence-corrected chi connectivity index (χ4v) is 5.88. The van der Waals surface area contributed by atoms with Gasteiger partial charge in [0, 0.05) is 48.3 Å². The van der Waals surface area contributed by atoms with Crippen LogP contribution in [0.15, 0.2) is 72.2 Å². The molecule has 0 bridgehead atoms. The van der Waals surface area contributed by atoms with Crippen molar-refractivity contribution in [2.75, 3.05) is 36.8 Å². The van der Waals surface area contributed by atoms with Crippen LogP contribution in [0.4, 0.5) is 29.1 Å². The van der Waals surface area contributed by atoms with Gasteiger partial charge in [-0.25, -0.2) is 9.07 Å². The number of rotatable bonds is 7. The van der Waals surface area contributed by atoms with Gasteiger partial charge in [-0.15, -0.1) is 0 Å². The number of alkyl halides is 3. The van der Waals surface area contributed by atoms with Gasteiger partial charge in [0.2, 0.25) is 0 Å². The molecule has 2 amide bonds. The van der Waals surface area contributed by atoms with Gasteiger partial charge in [0.1, 0.15) is 17.7 Å². The van der Waals surface area contributed by atoms with E-state index in [4.69, 9.17) is 0 Å². The second kappa shape index (κ2) is 12.3. The van der Waals surface area contributed by atoms with E-state index in [-0.39, 0.29) is 16.8 Å². The predicted molar refractivity (Wildman–Crippen MR) is 161 cm³/mol. The van der Waals surface area contributed by atoms with Crippen molar-refractivity contribution >= 4 is 34.1 Å². The fourth-order valence-electron chi connectivity index (χ4n) is 5.88. The van der Waals surface area contributed by atoms with Gasteiger partial charge in [-0.1, -0.05) is 18.6 Å². The van der Waals surface area contributed by atoms with E-state index in [1.165, 1.54) is 17.2 Å². The molecule has 3 N–H and O–H groups in total. The van der Waals surface area contributed by atoms with Crippen molar-refractivity contribution in [2.45, 2.75) is 38.4 Å². The van der Waals surface area contributed by atoms with Gasteiger partial charge < -0.3 is 20.9 Å². The minimum Gasteiger partial charge on any atom is -0.349 e. The molecule has 1 unspecified atom stereocenters. The van der Waals surface area contributed by atoms with Crippen LogP contribution in [0.5, 0.6) is 0 Å². The van der Waals surface area contributed by atoms with Crippen molar-refractivity contribution in [3.63, 3.8) is 0 Å². The Kier molecular flexibility index (Phi) is 8.28. The second-order valence-electron chi connectivity index (χ2n) is 11.2. The third kappa shape index (κ3) is 6.39. The zero-order chi connectivity index (χ0) is 31.7. The molecule has 0 radical (unpaired) electrons. The quantitative estimate of drug-likeness (QED) is 0.228. The summed E-state index contributed by atoms with van der Waals surface area (Å²) in [6.45, 7) is 4.70. The molecule has 4 heterocycles. The zero-order valence-electron chi connectivity index (χ0n) is 24.4. The van der Waals surface area contributed by atoms with Crippen LogP contribution in [0.25, 0.3) is 10.8 Å². The van der Waals surface area contributed by atoms with E-state index >= 15 is 0 Å². The van der Waals surface area contributed by atoms with Crippen molar-refractivity contribution in [1.82, 2.24) is 25.0 Å². The Balaban J connectivity index is 1.32. The smallest absolute Gasteiger partial charge is 0.349 e. The summed E-state index contributed by atoms with van der Waals surface area (Å²) in [5, 5.41) is 15.0. The summed E-state index contributed by atoms with van der Waals surface area (Å²) in [4.78, 5) is 33.3. The lowest BCUT2D eigenvalue weighted by Gasteiger charge is -2.30. The molecule has 0 saturated carbocycles. The van der Waals surface area contributed by atoms with Crippen LogP contribution in [-0.2, 0) is 11.0 Å². The summed E-state index contributed by atoms with van der Waals surface area (Å²) < 4.78 is 56.4. The first-order chi connectivity index (χ1) is 21.6. The van der Waals surface area contributed by atoms with E-state index in [1.807, 2.05) is 0 Å². The van der Waals surface area contributed by atoms with E-state index in [2.05, 4.69) is 30.9 Å². The summed E-state index contributed by atoms with van der Waals surface area (Å²) >= 11 is 0. The number of fused-ring (bicyclic) bond motifs is 2. The number of carbonyl (C=O) groups is 2. The summed E-state index contributed by atoms with van der Waals surface area (Å²) in [5.41, 5.74) is -0.393. The first kappa shape index (κ1) is 30.3. The third-order valence-electron chi connectivity index (χ3n) is 8.13. The second-order valence-corrected chi connectivity index (χ2v) is 11.2. The zero-order valence-corrected chi connectivity index (χ0v) is 24.4. The topological polar surface area (TPSA) is 104 Å². The maximum atomic E-state index is 14.9. The summed E-state index contributed by atoms with van der Waals surface area (Å²) in [6, 6.07) is 9.93. The highest BCUT2D eigenvalue weighted by Gasteiger charge is 2.38. The van der Waals surface area contributed by atoms with Crippen LogP contribution in [0.3, 0.4) is 0 Å². The lowest BCUT2D eigenvalue weighted by Crippen LogP contribution is -2.37. The monoisotopic (exact) mass is 621 g/mol. The average Bonchev–Trinajstić information content (AvgIpc) is 3.44. The Morgan fingerprint density at radius 3 is 2.56 bits per heavy atom. The molecule has 9 nitrogen and oxygen atoms in total. The molecule has 2 aromatic carbocycles. The molecule has 0 aliphatic carbocycles. The Morgan fingerprint density at radius 1 is 1.00 bits per heavy atom. The van der Waals surface area contributed by atoms with Crippen LogP contribution in [-0.4, -0.2) is 57.7 Å². The van der Waals surface area contributed by atoms with E-state index in [0.29, 0.717) is 36.4 Å². The van der Waals surface area contributed by atoms with Crippen LogP contribution >= 0.6 is 0 Å². The largest absolute Gasteiger partial charge is 0.419 e. The van der Waals surface area contributed by atoms with E-state index in [0.717, 1.165) is 48.8 Å². The van der Waals surface area contributed by atoms with Gasteiger partial charge in [0.15, 0.2) is 5.69 Å². The molecule has 1 saturated heterocycles. The minimum atomic E-state index is -4.90. The molecule has 2 aliphatic rings. The molecule has 0 spiro atoms.